The number of nitrogens with zero attached hydrogens (tertiary/aromatic N) is 1. The van der Waals surface area contributed by atoms with Crippen LogP contribution in [0.25, 0.3) is 10.9 Å². The summed E-state index contributed by atoms with van der Waals surface area (Å²) in [5.74, 6) is 0.763. The molecule has 0 saturated heterocycles. The SMILES string of the molecule is Cc1ccc(F)cc1Oc1ccc(N)c2ncccc12. The monoisotopic (exact) mass is 268 g/mol. The molecule has 1 heterocycles. The first kappa shape index (κ1) is 12.4. The van der Waals surface area contributed by atoms with Gasteiger partial charge in [0.1, 0.15) is 17.3 Å². The molecule has 0 aliphatic heterocycles. The van der Waals surface area contributed by atoms with Crippen molar-refractivity contribution in [2.75, 3.05) is 5.73 Å². The second-order valence-corrected chi connectivity index (χ2v) is 4.56. The third kappa shape index (κ3) is 2.16. The maximum Gasteiger partial charge on any atom is 0.136 e. The second kappa shape index (κ2) is 4.81. The van der Waals surface area contributed by atoms with Gasteiger partial charge in [0.15, 0.2) is 0 Å². The van der Waals surface area contributed by atoms with E-state index in [1.807, 2.05) is 19.1 Å². The van der Waals surface area contributed by atoms with Gasteiger partial charge in [0, 0.05) is 17.6 Å². The lowest BCUT2D eigenvalue weighted by Crippen LogP contribution is -1.94. The summed E-state index contributed by atoms with van der Waals surface area (Å²) >= 11 is 0. The quantitative estimate of drug-likeness (QED) is 0.713. The number of nitrogens with two attached hydrogens (primary N) is 1. The van der Waals surface area contributed by atoms with Crippen molar-refractivity contribution in [3.8, 4) is 11.5 Å². The Morgan fingerprint density at radius 2 is 1.95 bits per heavy atom. The highest BCUT2D eigenvalue weighted by atomic mass is 19.1. The molecule has 0 amide bonds. The van der Waals surface area contributed by atoms with Crippen LogP contribution in [0.15, 0.2) is 48.7 Å². The number of ether oxygens (including phenoxy) is 1. The van der Waals surface area contributed by atoms with E-state index in [0.29, 0.717) is 22.7 Å². The summed E-state index contributed by atoms with van der Waals surface area (Å²) in [5, 5.41) is 0.802. The van der Waals surface area contributed by atoms with Crippen molar-refractivity contribution in [2.45, 2.75) is 6.92 Å². The molecule has 0 aliphatic rings. The molecule has 0 unspecified atom stereocenters. The first-order valence-electron chi connectivity index (χ1n) is 6.22. The van der Waals surface area contributed by atoms with Crippen LogP contribution in [0.2, 0.25) is 0 Å². The van der Waals surface area contributed by atoms with Gasteiger partial charge in [-0.3, -0.25) is 4.98 Å². The highest BCUT2D eigenvalue weighted by Crippen LogP contribution is 2.33. The molecular formula is C16H13FN2O. The van der Waals surface area contributed by atoms with Crippen LogP contribution in [0.5, 0.6) is 11.5 Å². The van der Waals surface area contributed by atoms with E-state index in [1.54, 1.807) is 24.4 Å². The summed E-state index contributed by atoms with van der Waals surface area (Å²) in [6, 6.07) is 11.7. The topological polar surface area (TPSA) is 48.1 Å². The first-order valence-corrected chi connectivity index (χ1v) is 6.22. The van der Waals surface area contributed by atoms with Gasteiger partial charge in [-0.1, -0.05) is 6.07 Å². The van der Waals surface area contributed by atoms with E-state index in [2.05, 4.69) is 4.98 Å². The van der Waals surface area contributed by atoms with E-state index >= 15 is 0 Å². The van der Waals surface area contributed by atoms with Gasteiger partial charge in [-0.25, -0.2) is 4.39 Å². The Kier molecular flexibility index (Phi) is 2.99. The van der Waals surface area contributed by atoms with E-state index in [4.69, 9.17) is 10.5 Å². The van der Waals surface area contributed by atoms with Crippen molar-refractivity contribution >= 4 is 16.6 Å². The molecule has 0 spiro atoms. The summed E-state index contributed by atoms with van der Waals surface area (Å²) in [7, 11) is 0. The van der Waals surface area contributed by atoms with Gasteiger partial charge in [-0.2, -0.15) is 0 Å². The summed E-state index contributed by atoms with van der Waals surface area (Å²) < 4.78 is 19.1. The average molecular weight is 268 g/mol. The van der Waals surface area contributed by atoms with Gasteiger partial charge in [0.25, 0.3) is 0 Å². The molecule has 4 heteroatoms. The minimum Gasteiger partial charge on any atom is -0.456 e. The fourth-order valence-electron chi connectivity index (χ4n) is 2.06. The number of nitrogen functional groups attached to an aromatic ring is 1. The zero-order valence-corrected chi connectivity index (χ0v) is 10.9. The number of aromatic nitrogens is 1. The number of hydrogen-bond acceptors (Lipinski definition) is 3. The van der Waals surface area contributed by atoms with Gasteiger partial charge in [0.05, 0.1) is 11.2 Å². The van der Waals surface area contributed by atoms with Gasteiger partial charge in [-0.15, -0.1) is 0 Å². The largest absolute Gasteiger partial charge is 0.456 e. The number of anilines is 1. The third-order valence-electron chi connectivity index (χ3n) is 3.13. The summed E-state index contributed by atoms with van der Waals surface area (Å²) in [5.41, 5.74) is 8.02. The fourth-order valence-corrected chi connectivity index (χ4v) is 2.06. The van der Waals surface area contributed by atoms with E-state index in [1.165, 1.54) is 12.1 Å². The van der Waals surface area contributed by atoms with Gasteiger partial charge in [-0.05, 0) is 42.8 Å². The van der Waals surface area contributed by atoms with Gasteiger partial charge < -0.3 is 10.5 Å². The number of halogens is 1. The minimum absolute atomic E-state index is 0.330. The Morgan fingerprint density at radius 3 is 2.80 bits per heavy atom. The smallest absolute Gasteiger partial charge is 0.136 e. The van der Waals surface area contributed by atoms with Crippen molar-refractivity contribution in [1.82, 2.24) is 4.98 Å². The molecule has 20 heavy (non-hydrogen) atoms. The predicted molar refractivity (Wildman–Crippen MR) is 77.4 cm³/mol. The zero-order valence-electron chi connectivity index (χ0n) is 10.9. The molecule has 0 radical (unpaired) electrons. The highest BCUT2D eigenvalue weighted by Gasteiger charge is 2.09. The molecule has 2 aromatic carbocycles. The first-order chi connectivity index (χ1) is 9.65. The minimum atomic E-state index is -0.330. The Labute approximate surface area is 115 Å². The van der Waals surface area contributed by atoms with Crippen LogP contribution in [0.1, 0.15) is 5.56 Å². The van der Waals surface area contributed by atoms with Crippen molar-refractivity contribution in [2.24, 2.45) is 0 Å². The van der Waals surface area contributed by atoms with E-state index in [0.717, 1.165) is 10.9 Å². The lowest BCUT2D eigenvalue weighted by atomic mass is 10.1. The molecule has 0 bridgehead atoms. The molecule has 0 atom stereocenters. The van der Waals surface area contributed by atoms with Crippen LogP contribution in [0.3, 0.4) is 0 Å². The van der Waals surface area contributed by atoms with Gasteiger partial charge >= 0.3 is 0 Å². The zero-order chi connectivity index (χ0) is 14.1. The molecule has 3 rings (SSSR count). The summed E-state index contributed by atoms with van der Waals surface area (Å²) in [6.45, 7) is 1.87. The van der Waals surface area contributed by atoms with Crippen LogP contribution in [-0.2, 0) is 0 Å². The van der Waals surface area contributed by atoms with Crippen LogP contribution in [0.4, 0.5) is 10.1 Å². The lowest BCUT2D eigenvalue weighted by molar-refractivity contribution is 0.478. The molecule has 2 N–H and O–H groups in total. The van der Waals surface area contributed by atoms with Crippen LogP contribution in [0, 0.1) is 12.7 Å². The molecule has 1 aromatic heterocycles. The van der Waals surface area contributed by atoms with Crippen molar-refractivity contribution < 1.29 is 9.13 Å². The second-order valence-electron chi connectivity index (χ2n) is 4.56. The molecule has 0 saturated carbocycles. The number of pyridine rings is 1. The number of fused-ring (bicyclic) bond motifs is 1. The fraction of sp³-hybridized carbons (Fsp3) is 0.0625. The molecule has 100 valence electrons. The molecule has 3 nitrogen and oxygen atoms in total. The Hall–Kier alpha value is -2.62. The van der Waals surface area contributed by atoms with Crippen LogP contribution in [-0.4, -0.2) is 4.98 Å². The van der Waals surface area contributed by atoms with Gasteiger partial charge in [0.2, 0.25) is 0 Å². The van der Waals surface area contributed by atoms with E-state index < -0.39 is 0 Å². The number of benzene rings is 2. The predicted octanol–water partition coefficient (Wildman–Crippen LogP) is 4.06. The average Bonchev–Trinajstić information content (AvgIpc) is 2.46. The van der Waals surface area contributed by atoms with Crippen molar-refractivity contribution in [3.63, 3.8) is 0 Å². The lowest BCUT2D eigenvalue weighted by Gasteiger charge is -2.11. The number of hydrogen-bond donors (Lipinski definition) is 1. The third-order valence-corrected chi connectivity index (χ3v) is 3.13. The summed E-state index contributed by atoms with van der Waals surface area (Å²) in [4.78, 5) is 4.24. The van der Waals surface area contributed by atoms with E-state index in [9.17, 15) is 4.39 Å². The van der Waals surface area contributed by atoms with Crippen molar-refractivity contribution in [1.29, 1.82) is 0 Å². The maximum atomic E-state index is 13.3. The number of aryl methyl sites for hydroxylation is 1. The summed E-state index contributed by atoms with van der Waals surface area (Å²) in [6.07, 6.45) is 1.68. The Balaban J connectivity index is 2.11. The normalized spacial score (nSPS) is 10.7. The molecular weight excluding hydrogens is 255 g/mol. The molecule has 0 aliphatic carbocycles. The van der Waals surface area contributed by atoms with Crippen LogP contribution >= 0.6 is 0 Å². The number of rotatable bonds is 2. The molecule has 3 aromatic rings. The van der Waals surface area contributed by atoms with E-state index in [-0.39, 0.29) is 5.82 Å². The Morgan fingerprint density at radius 1 is 1.10 bits per heavy atom. The highest BCUT2D eigenvalue weighted by molar-refractivity contribution is 5.93. The maximum absolute atomic E-state index is 13.3. The standard InChI is InChI=1S/C16H13FN2O/c1-10-4-5-11(17)9-15(10)20-14-7-6-13(18)16-12(14)3-2-8-19-16/h2-9H,18H2,1H3. The molecule has 0 fully saturated rings. The Bertz CT molecular complexity index is 787. The van der Waals surface area contributed by atoms with Crippen LogP contribution < -0.4 is 10.5 Å². The van der Waals surface area contributed by atoms with Crippen molar-refractivity contribution in [3.05, 3.63) is 60.0 Å².